The first kappa shape index (κ1) is 15.9. The molecule has 0 aliphatic carbocycles. The highest BCUT2D eigenvalue weighted by atomic mass is 32.1. The summed E-state index contributed by atoms with van der Waals surface area (Å²) in [6, 6.07) is 13.8. The fourth-order valence-corrected chi connectivity index (χ4v) is 3.89. The molecule has 0 atom stereocenters. The molecule has 1 aliphatic heterocycles. The van der Waals surface area contributed by atoms with Crippen LogP contribution >= 0.6 is 11.3 Å². The Morgan fingerprint density at radius 1 is 1.11 bits per heavy atom. The molecule has 5 rings (SSSR count). The van der Waals surface area contributed by atoms with Crippen molar-refractivity contribution in [1.29, 1.82) is 0 Å². The van der Waals surface area contributed by atoms with E-state index in [4.69, 9.17) is 4.98 Å². The largest absolute Gasteiger partial charge is 0.336 e. The number of carbonyl (C=O) groups is 1. The maximum atomic E-state index is 12.0. The molecule has 1 fully saturated rings. The van der Waals surface area contributed by atoms with Crippen LogP contribution in [0.1, 0.15) is 0 Å². The van der Waals surface area contributed by atoms with Gasteiger partial charge in [0, 0.05) is 42.1 Å². The molecule has 6 nitrogen and oxygen atoms in total. The number of fused-ring (bicyclic) bond motifs is 1. The normalized spacial score (nSPS) is 13.9. The van der Waals surface area contributed by atoms with Crippen molar-refractivity contribution in [2.45, 2.75) is 0 Å². The monoisotopic (exact) mass is 373 g/mol. The number of rotatable bonds is 3. The van der Waals surface area contributed by atoms with Crippen molar-refractivity contribution in [2.75, 3.05) is 18.0 Å². The number of pyridine rings is 2. The number of nitrogens with zero attached hydrogens (tertiary/aromatic N) is 4. The van der Waals surface area contributed by atoms with Crippen molar-refractivity contribution in [3.63, 3.8) is 0 Å². The second-order valence-electron chi connectivity index (χ2n) is 6.22. The molecule has 4 aromatic rings. The number of carbonyl (C=O) groups excluding carboxylic acids is 1. The first-order valence-electron chi connectivity index (χ1n) is 8.60. The van der Waals surface area contributed by atoms with E-state index >= 15 is 0 Å². The van der Waals surface area contributed by atoms with E-state index in [2.05, 4.69) is 21.4 Å². The molecule has 0 spiro atoms. The molecular formula is C20H15N5OS. The van der Waals surface area contributed by atoms with Crippen LogP contribution in [0.2, 0.25) is 0 Å². The SMILES string of the molecule is O=C1NCCN1c1ccc2c(-c3ccccn3)cc(-c3cncs3)nc2c1. The number of aromatic nitrogens is 3. The van der Waals surface area contributed by atoms with Gasteiger partial charge >= 0.3 is 6.03 Å². The summed E-state index contributed by atoms with van der Waals surface area (Å²) in [6.07, 6.45) is 3.61. The Morgan fingerprint density at radius 3 is 2.81 bits per heavy atom. The molecule has 132 valence electrons. The van der Waals surface area contributed by atoms with Crippen LogP contribution in [0.5, 0.6) is 0 Å². The highest BCUT2D eigenvalue weighted by molar-refractivity contribution is 7.13. The summed E-state index contributed by atoms with van der Waals surface area (Å²) in [4.78, 5) is 28.3. The molecule has 0 radical (unpaired) electrons. The predicted octanol–water partition coefficient (Wildman–Crippen LogP) is 3.95. The van der Waals surface area contributed by atoms with E-state index in [1.165, 1.54) is 0 Å². The number of thiazole rings is 1. The molecule has 4 heterocycles. The highest BCUT2D eigenvalue weighted by Crippen LogP contribution is 2.34. The van der Waals surface area contributed by atoms with E-state index in [1.807, 2.05) is 42.6 Å². The van der Waals surface area contributed by atoms with Gasteiger partial charge in [-0.05, 0) is 30.3 Å². The van der Waals surface area contributed by atoms with Gasteiger partial charge in [-0.1, -0.05) is 12.1 Å². The lowest BCUT2D eigenvalue weighted by Crippen LogP contribution is -2.27. The number of hydrogen-bond donors (Lipinski definition) is 1. The van der Waals surface area contributed by atoms with Crippen LogP contribution in [0.4, 0.5) is 10.5 Å². The molecule has 0 unspecified atom stereocenters. The van der Waals surface area contributed by atoms with Crippen molar-refractivity contribution in [2.24, 2.45) is 0 Å². The molecule has 1 N–H and O–H groups in total. The van der Waals surface area contributed by atoms with Gasteiger partial charge in [-0.15, -0.1) is 11.3 Å². The van der Waals surface area contributed by atoms with Crippen LogP contribution in [0.15, 0.2) is 60.4 Å². The van der Waals surface area contributed by atoms with E-state index in [9.17, 15) is 4.79 Å². The van der Waals surface area contributed by atoms with E-state index in [0.29, 0.717) is 13.1 Å². The zero-order valence-corrected chi connectivity index (χ0v) is 15.1. The minimum atomic E-state index is -0.0714. The standard InChI is InChI=1S/C20H15N5OS/c26-20-23-7-8-25(20)13-4-5-14-15(16-3-1-2-6-22-16)10-18(24-17(14)9-13)19-11-21-12-27-19/h1-6,9-12H,7-8H2,(H,23,26). The van der Waals surface area contributed by atoms with Crippen LogP contribution in [-0.2, 0) is 0 Å². The number of anilines is 1. The Morgan fingerprint density at radius 2 is 2.07 bits per heavy atom. The lowest BCUT2D eigenvalue weighted by Gasteiger charge is -2.16. The van der Waals surface area contributed by atoms with Crippen LogP contribution in [0, 0.1) is 0 Å². The van der Waals surface area contributed by atoms with Gasteiger partial charge < -0.3 is 5.32 Å². The summed E-state index contributed by atoms with van der Waals surface area (Å²) in [5.74, 6) is 0. The molecule has 7 heteroatoms. The van der Waals surface area contributed by atoms with Gasteiger partial charge in [0.1, 0.15) is 0 Å². The zero-order chi connectivity index (χ0) is 18.2. The molecule has 1 aliphatic rings. The fourth-order valence-electron chi connectivity index (χ4n) is 3.31. The molecule has 2 amide bonds. The van der Waals surface area contributed by atoms with E-state index in [-0.39, 0.29) is 6.03 Å². The van der Waals surface area contributed by atoms with E-state index < -0.39 is 0 Å². The topological polar surface area (TPSA) is 71.0 Å². The summed E-state index contributed by atoms with van der Waals surface area (Å²) >= 11 is 1.55. The zero-order valence-electron chi connectivity index (χ0n) is 14.3. The quantitative estimate of drug-likeness (QED) is 0.590. The summed E-state index contributed by atoms with van der Waals surface area (Å²) in [7, 11) is 0. The minimum Gasteiger partial charge on any atom is -0.336 e. The van der Waals surface area contributed by atoms with Gasteiger partial charge in [0.2, 0.25) is 0 Å². The molecular weight excluding hydrogens is 358 g/mol. The average Bonchev–Trinajstić information content (AvgIpc) is 3.39. The summed E-state index contributed by atoms with van der Waals surface area (Å²) in [6.45, 7) is 1.32. The molecule has 0 bridgehead atoms. The maximum absolute atomic E-state index is 12.0. The van der Waals surface area contributed by atoms with Crippen molar-refractivity contribution in [1.82, 2.24) is 20.3 Å². The van der Waals surface area contributed by atoms with Crippen LogP contribution in [0.25, 0.3) is 32.7 Å². The van der Waals surface area contributed by atoms with Gasteiger partial charge in [0.05, 0.1) is 27.3 Å². The van der Waals surface area contributed by atoms with Gasteiger partial charge in [0.15, 0.2) is 0 Å². The Kier molecular flexibility index (Phi) is 3.79. The summed E-state index contributed by atoms with van der Waals surface area (Å²) < 4.78 is 0. The Labute approximate surface area is 159 Å². The molecule has 0 saturated carbocycles. The van der Waals surface area contributed by atoms with Gasteiger partial charge in [0.25, 0.3) is 0 Å². The Hall–Kier alpha value is -3.32. The van der Waals surface area contributed by atoms with Gasteiger partial charge in [-0.3, -0.25) is 14.9 Å². The van der Waals surface area contributed by atoms with Crippen molar-refractivity contribution in [3.05, 3.63) is 60.4 Å². The van der Waals surface area contributed by atoms with Crippen molar-refractivity contribution < 1.29 is 4.79 Å². The minimum absolute atomic E-state index is 0.0714. The molecule has 3 aromatic heterocycles. The van der Waals surface area contributed by atoms with E-state index in [1.54, 1.807) is 27.9 Å². The lowest BCUT2D eigenvalue weighted by atomic mass is 10.0. The van der Waals surface area contributed by atoms with Crippen LogP contribution in [-0.4, -0.2) is 34.1 Å². The van der Waals surface area contributed by atoms with Crippen molar-refractivity contribution >= 4 is 34.0 Å². The van der Waals surface area contributed by atoms with E-state index in [0.717, 1.165) is 38.4 Å². The van der Waals surface area contributed by atoms with Crippen molar-refractivity contribution in [3.8, 4) is 21.8 Å². The summed E-state index contributed by atoms with van der Waals surface area (Å²) in [5, 5.41) is 3.84. The van der Waals surface area contributed by atoms with Gasteiger partial charge in [-0.2, -0.15) is 0 Å². The Bertz CT molecular complexity index is 1130. The second-order valence-corrected chi connectivity index (χ2v) is 7.11. The molecule has 1 saturated heterocycles. The summed E-state index contributed by atoms with van der Waals surface area (Å²) in [5.41, 5.74) is 6.24. The van der Waals surface area contributed by atoms with Gasteiger partial charge in [-0.25, -0.2) is 9.78 Å². The second kappa shape index (κ2) is 6.44. The number of nitrogens with one attached hydrogen (secondary N) is 1. The first-order valence-corrected chi connectivity index (χ1v) is 9.48. The number of urea groups is 1. The Balaban J connectivity index is 1.73. The lowest BCUT2D eigenvalue weighted by molar-refractivity contribution is 0.252. The third-order valence-electron chi connectivity index (χ3n) is 4.59. The average molecular weight is 373 g/mol. The number of amides is 2. The predicted molar refractivity (Wildman–Crippen MR) is 107 cm³/mol. The third kappa shape index (κ3) is 2.82. The molecule has 27 heavy (non-hydrogen) atoms. The third-order valence-corrected chi connectivity index (χ3v) is 5.38. The number of hydrogen-bond acceptors (Lipinski definition) is 5. The maximum Gasteiger partial charge on any atom is 0.321 e. The van der Waals surface area contributed by atoms with Crippen LogP contribution in [0.3, 0.4) is 0 Å². The number of benzene rings is 1. The first-order chi connectivity index (χ1) is 13.3. The molecule has 1 aromatic carbocycles. The highest BCUT2D eigenvalue weighted by Gasteiger charge is 2.22. The fraction of sp³-hybridized carbons (Fsp3) is 0.100. The van der Waals surface area contributed by atoms with Crippen LogP contribution < -0.4 is 10.2 Å². The smallest absolute Gasteiger partial charge is 0.321 e.